The topological polar surface area (TPSA) is 59.5 Å². The zero-order valence-electron chi connectivity index (χ0n) is 11.0. The van der Waals surface area contributed by atoms with Gasteiger partial charge in [0.15, 0.2) is 0 Å². The molecule has 1 heterocycles. The number of rotatable bonds is 7. The minimum Gasteiger partial charge on any atom is -0.467 e. The summed E-state index contributed by atoms with van der Waals surface area (Å²) < 4.78 is 5.32. The lowest BCUT2D eigenvalue weighted by Gasteiger charge is -2.24. The molecule has 1 atom stereocenters. The highest BCUT2D eigenvalue weighted by Gasteiger charge is 2.34. The first-order chi connectivity index (χ1) is 8.72. The highest BCUT2D eigenvalue weighted by Crippen LogP contribution is 2.29. The third-order valence-corrected chi connectivity index (χ3v) is 3.36. The first-order valence-electron chi connectivity index (χ1n) is 6.80. The average molecular weight is 250 g/mol. The molecule has 0 aromatic carbocycles. The molecule has 1 fully saturated rings. The number of nitrogens with two attached hydrogens (primary N) is 1. The Kier molecular flexibility index (Phi) is 4.42. The van der Waals surface area contributed by atoms with Gasteiger partial charge in [-0.25, -0.2) is 0 Å². The Morgan fingerprint density at radius 3 is 2.94 bits per heavy atom. The Morgan fingerprint density at radius 2 is 2.39 bits per heavy atom. The standard InChI is InChI=1S/C14H22N2O2/c1-2-3-6-13(15)14(17)16(11-7-8-11)10-12-5-4-9-18-12/h4-5,9,11,13H,2-3,6-8,10,15H2,1H3/t13-/m0/s1. The zero-order chi connectivity index (χ0) is 13.0. The fraction of sp³-hybridized carbons (Fsp3) is 0.643. The second-order valence-corrected chi connectivity index (χ2v) is 5.03. The van der Waals surface area contributed by atoms with Crippen molar-refractivity contribution in [2.75, 3.05) is 0 Å². The number of carbonyl (C=O) groups excluding carboxylic acids is 1. The normalized spacial score (nSPS) is 16.6. The van der Waals surface area contributed by atoms with Crippen molar-refractivity contribution in [1.29, 1.82) is 0 Å². The fourth-order valence-corrected chi connectivity index (χ4v) is 2.10. The molecule has 1 aliphatic rings. The fourth-order valence-electron chi connectivity index (χ4n) is 2.10. The van der Waals surface area contributed by atoms with E-state index in [9.17, 15) is 4.79 Å². The van der Waals surface area contributed by atoms with E-state index in [-0.39, 0.29) is 11.9 Å². The van der Waals surface area contributed by atoms with Crippen molar-refractivity contribution in [1.82, 2.24) is 4.90 Å². The van der Waals surface area contributed by atoms with Crippen molar-refractivity contribution in [3.63, 3.8) is 0 Å². The van der Waals surface area contributed by atoms with Gasteiger partial charge in [0.2, 0.25) is 5.91 Å². The second-order valence-electron chi connectivity index (χ2n) is 5.03. The van der Waals surface area contributed by atoms with Crippen LogP contribution in [0, 0.1) is 0 Å². The Balaban J connectivity index is 1.94. The van der Waals surface area contributed by atoms with E-state index in [2.05, 4.69) is 6.92 Å². The summed E-state index contributed by atoms with van der Waals surface area (Å²) in [4.78, 5) is 14.2. The summed E-state index contributed by atoms with van der Waals surface area (Å²) >= 11 is 0. The summed E-state index contributed by atoms with van der Waals surface area (Å²) in [5, 5.41) is 0. The number of hydrogen-bond acceptors (Lipinski definition) is 3. The Bertz CT molecular complexity index is 371. The molecule has 1 aromatic heterocycles. The SMILES string of the molecule is CCCC[C@H](N)C(=O)N(Cc1ccco1)C1CC1. The number of carbonyl (C=O) groups is 1. The molecule has 0 radical (unpaired) electrons. The van der Waals surface area contributed by atoms with Gasteiger partial charge in [-0.2, -0.15) is 0 Å². The largest absolute Gasteiger partial charge is 0.467 e. The molecule has 0 unspecified atom stereocenters. The van der Waals surface area contributed by atoms with Crippen LogP contribution >= 0.6 is 0 Å². The van der Waals surface area contributed by atoms with Crippen molar-refractivity contribution >= 4 is 5.91 Å². The monoisotopic (exact) mass is 250 g/mol. The Hall–Kier alpha value is -1.29. The molecule has 1 saturated carbocycles. The van der Waals surface area contributed by atoms with E-state index >= 15 is 0 Å². The van der Waals surface area contributed by atoms with Crippen LogP contribution in [-0.2, 0) is 11.3 Å². The van der Waals surface area contributed by atoms with Crippen LogP contribution in [0.4, 0.5) is 0 Å². The minimum absolute atomic E-state index is 0.0716. The molecule has 4 heteroatoms. The predicted molar refractivity (Wildman–Crippen MR) is 69.8 cm³/mol. The van der Waals surface area contributed by atoms with Crippen LogP contribution in [0.2, 0.25) is 0 Å². The minimum atomic E-state index is -0.361. The molecule has 0 spiro atoms. The van der Waals surface area contributed by atoms with Crippen LogP contribution in [0.15, 0.2) is 22.8 Å². The van der Waals surface area contributed by atoms with E-state index in [1.165, 1.54) is 0 Å². The molecular weight excluding hydrogens is 228 g/mol. The number of amides is 1. The number of unbranched alkanes of at least 4 members (excludes halogenated alkanes) is 1. The van der Waals surface area contributed by atoms with Gasteiger partial charge in [-0.1, -0.05) is 19.8 Å². The van der Waals surface area contributed by atoms with E-state index in [0.717, 1.165) is 37.9 Å². The molecule has 1 amide bonds. The van der Waals surface area contributed by atoms with Crippen LogP contribution in [-0.4, -0.2) is 22.9 Å². The van der Waals surface area contributed by atoms with Gasteiger partial charge in [-0.3, -0.25) is 4.79 Å². The molecule has 18 heavy (non-hydrogen) atoms. The molecule has 0 saturated heterocycles. The van der Waals surface area contributed by atoms with Gasteiger partial charge in [-0.05, 0) is 31.4 Å². The van der Waals surface area contributed by atoms with Crippen LogP contribution in [0.5, 0.6) is 0 Å². The van der Waals surface area contributed by atoms with E-state index in [1.54, 1.807) is 6.26 Å². The van der Waals surface area contributed by atoms with Gasteiger partial charge in [0.1, 0.15) is 5.76 Å². The molecule has 4 nitrogen and oxygen atoms in total. The molecule has 100 valence electrons. The molecule has 0 aliphatic heterocycles. The summed E-state index contributed by atoms with van der Waals surface area (Å²) in [6.45, 7) is 2.66. The van der Waals surface area contributed by atoms with Gasteiger partial charge in [0.25, 0.3) is 0 Å². The molecule has 2 N–H and O–H groups in total. The smallest absolute Gasteiger partial charge is 0.240 e. The van der Waals surface area contributed by atoms with Gasteiger partial charge in [0, 0.05) is 6.04 Å². The summed E-state index contributed by atoms with van der Waals surface area (Å²) in [6, 6.07) is 3.76. The van der Waals surface area contributed by atoms with Crippen LogP contribution in [0.1, 0.15) is 44.8 Å². The summed E-state index contributed by atoms with van der Waals surface area (Å²) in [5.41, 5.74) is 5.98. The lowest BCUT2D eigenvalue weighted by atomic mass is 10.1. The molecule has 1 aliphatic carbocycles. The maximum Gasteiger partial charge on any atom is 0.240 e. The Morgan fingerprint density at radius 1 is 1.61 bits per heavy atom. The maximum atomic E-state index is 12.3. The van der Waals surface area contributed by atoms with Gasteiger partial charge in [0.05, 0.1) is 18.8 Å². The van der Waals surface area contributed by atoms with Crippen LogP contribution in [0.3, 0.4) is 0 Å². The molecule has 1 aromatic rings. The molecule has 2 rings (SSSR count). The van der Waals surface area contributed by atoms with Crippen molar-refractivity contribution in [2.24, 2.45) is 5.73 Å². The van der Waals surface area contributed by atoms with Gasteiger partial charge in [-0.15, -0.1) is 0 Å². The van der Waals surface area contributed by atoms with Crippen molar-refractivity contribution in [2.45, 2.75) is 57.7 Å². The quantitative estimate of drug-likeness (QED) is 0.807. The van der Waals surface area contributed by atoms with Crippen molar-refractivity contribution in [3.8, 4) is 0 Å². The van der Waals surface area contributed by atoms with Gasteiger partial charge >= 0.3 is 0 Å². The summed E-state index contributed by atoms with van der Waals surface area (Å²) in [7, 11) is 0. The second kappa shape index (κ2) is 6.05. The summed E-state index contributed by atoms with van der Waals surface area (Å²) in [6.07, 6.45) is 6.67. The van der Waals surface area contributed by atoms with Gasteiger partial charge < -0.3 is 15.1 Å². The number of nitrogens with zero attached hydrogens (tertiary/aromatic N) is 1. The zero-order valence-corrected chi connectivity index (χ0v) is 11.0. The van der Waals surface area contributed by atoms with Crippen molar-refractivity contribution < 1.29 is 9.21 Å². The summed E-state index contributed by atoms with van der Waals surface area (Å²) in [5.74, 6) is 0.903. The van der Waals surface area contributed by atoms with E-state index in [1.807, 2.05) is 17.0 Å². The van der Waals surface area contributed by atoms with E-state index in [4.69, 9.17) is 10.2 Å². The number of hydrogen-bond donors (Lipinski definition) is 1. The predicted octanol–water partition coefficient (Wildman–Crippen LogP) is 2.29. The average Bonchev–Trinajstić information content (AvgIpc) is 3.09. The maximum absolute atomic E-state index is 12.3. The lowest BCUT2D eigenvalue weighted by molar-refractivity contribution is -0.134. The highest BCUT2D eigenvalue weighted by atomic mass is 16.3. The first-order valence-corrected chi connectivity index (χ1v) is 6.80. The van der Waals surface area contributed by atoms with Crippen molar-refractivity contribution in [3.05, 3.63) is 24.2 Å². The third-order valence-electron chi connectivity index (χ3n) is 3.36. The highest BCUT2D eigenvalue weighted by molar-refractivity contribution is 5.82. The first kappa shape index (κ1) is 13.1. The molecular formula is C14H22N2O2. The van der Waals surface area contributed by atoms with Crippen LogP contribution < -0.4 is 5.73 Å². The molecule has 0 bridgehead atoms. The van der Waals surface area contributed by atoms with E-state index < -0.39 is 0 Å². The third kappa shape index (κ3) is 3.35. The van der Waals surface area contributed by atoms with Crippen LogP contribution in [0.25, 0.3) is 0 Å². The Labute approximate surface area is 108 Å². The number of furan rings is 1. The van der Waals surface area contributed by atoms with E-state index in [0.29, 0.717) is 12.6 Å². The lowest BCUT2D eigenvalue weighted by Crippen LogP contribution is -2.44.